The van der Waals surface area contributed by atoms with E-state index in [1.54, 1.807) is 43.0 Å². The Kier molecular flexibility index (Phi) is 13.5. The van der Waals surface area contributed by atoms with E-state index in [-0.39, 0.29) is 29.0 Å². The first-order chi connectivity index (χ1) is 25.5. The minimum Gasteiger partial charge on any atom is -0.496 e. The summed E-state index contributed by atoms with van der Waals surface area (Å²) in [5.41, 5.74) is 7.67. The van der Waals surface area contributed by atoms with Crippen molar-refractivity contribution in [2.45, 2.75) is 52.6 Å². The summed E-state index contributed by atoms with van der Waals surface area (Å²) in [4.78, 5) is 46.9. The molecule has 1 N–H and O–H groups in total. The van der Waals surface area contributed by atoms with Crippen molar-refractivity contribution >= 4 is 51.8 Å². The molecule has 1 atom stereocenters. The molecule has 278 valence electrons. The molecule has 0 saturated heterocycles. The maximum atomic E-state index is 13.4. The van der Waals surface area contributed by atoms with Crippen LogP contribution in [0.5, 0.6) is 11.5 Å². The number of alkyl halides is 1. The molecular formula is C40H45IN6O5S. The van der Waals surface area contributed by atoms with Crippen molar-refractivity contribution in [3.63, 3.8) is 0 Å². The topological polar surface area (TPSA) is 130 Å². The monoisotopic (exact) mass is 848 g/mol. The van der Waals surface area contributed by atoms with E-state index >= 15 is 0 Å². The van der Waals surface area contributed by atoms with Crippen LogP contribution in [0.4, 0.5) is 0 Å². The van der Waals surface area contributed by atoms with Gasteiger partial charge in [0.05, 0.1) is 30.4 Å². The van der Waals surface area contributed by atoms with Gasteiger partial charge in [-0.2, -0.15) is 5.26 Å². The highest BCUT2D eigenvalue weighted by Crippen LogP contribution is 2.37. The lowest BCUT2D eigenvalue weighted by Gasteiger charge is -2.35. The molecule has 13 heteroatoms. The lowest BCUT2D eigenvalue weighted by molar-refractivity contribution is -0.129. The summed E-state index contributed by atoms with van der Waals surface area (Å²) in [6, 6.07) is 12.1. The minimum absolute atomic E-state index is 0.0189. The summed E-state index contributed by atoms with van der Waals surface area (Å²) in [5, 5.41) is 15.2. The second kappa shape index (κ2) is 18.0. The molecule has 1 aliphatic heterocycles. The first-order valence-electron chi connectivity index (χ1n) is 17.4. The third-order valence-electron chi connectivity index (χ3n) is 9.87. The highest BCUT2D eigenvalue weighted by atomic mass is 127. The maximum Gasteiger partial charge on any atom is 0.265 e. The Morgan fingerprint density at radius 2 is 1.91 bits per heavy atom. The Morgan fingerprint density at radius 1 is 1.17 bits per heavy atom. The maximum absolute atomic E-state index is 13.4. The number of hydrogen-bond acceptors (Lipinski definition) is 9. The zero-order valence-electron chi connectivity index (χ0n) is 31.0. The zero-order chi connectivity index (χ0) is 38.2. The van der Waals surface area contributed by atoms with Gasteiger partial charge in [-0.3, -0.25) is 19.3 Å². The number of nitrogens with one attached hydrogen (secondary N) is 1. The molecular weight excluding hydrogens is 803 g/mol. The van der Waals surface area contributed by atoms with Crippen LogP contribution in [0, 0.1) is 25.2 Å². The van der Waals surface area contributed by atoms with Gasteiger partial charge in [0.15, 0.2) is 0 Å². The van der Waals surface area contributed by atoms with Crippen LogP contribution in [-0.4, -0.2) is 69.6 Å². The van der Waals surface area contributed by atoms with Crippen LogP contribution in [0.25, 0.3) is 17.2 Å². The third kappa shape index (κ3) is 9.17. The lowest BCUT2D eigenvalue weighted by Crippen LogP contribution is -2.39. The average Bonchev–Trinajstić information content (AvgIpc) is 3.69. The molecule has 0 spiro atoms. The van der Waals surface area contributed by atoms with E-state index in [0.717, 1.165) is 37.9 Å². The number of methoxy groups -OCH3 is 2. The number of carbonyl (C=O) groups is 2. The Hall–Kier alpha value is -4.52. The lowest BCUT2D eigenvalue weighted by atomic mass is 9.90. The minimum atomic E-state index is -0.300. The molecule has 1 unspecified atom stereocenters. The first kappa shape index (κ1) is 39.7. The fraction of sp³-hybridized carbons (Fsp3) is 0.375. The number of halogens is 1. The highest BCUT2D eigenvalue weighted by Gasteiger charge is 2.30. The van der Waals surface area contributed by atoms with E-state index in [0.29, 0.717) is 67.5 Å². The van der Waals surface area contributed by atoms with Gasteiger partial charge in [0.2, 0.25) is 5.91 Å². The van der Waals surface area contributed by atoms with E-state index in [4.69, 9.17) is 9.47 Å². The normalized spacial score (nSPS) is 14.1. The van der Waals surface area contributed by atoms with E-state index < -0.39 is 0 Å². The molecule has 0 saturated carbocycles. The summed E-state index contributed by atoms with van der Waals surface area (Å²) >= 11 is 3.70. The van der Waals surface area contributed by atoms with Gasteiger partial charge in [0.1, 0.15) is 28.1 Å². The van der Waals surface area contributed by atoms with E-state index in [1.165, 1.54) is 16.9 Å². The number of nitriles is 1. The fourth-order valence-electron chi connectivity index (χ4n) is 6.69. The second-order valence-corrected chi connectivity index (χ2v) is 14.7. The molecule has 5 rings (SSSR count). The molecule has 0 fully saturated rings. The van der Waals surface area contributed by atoms with Crippen LogP contribution < -0.4 is 20.3 Å². The van der Waals surface area contributed by atoms with Crippen LogP contribution in [0.2, 0.25) is 0 Å². The van der Waals surface area contributed by atoms with Gasteiger partial charge < -0.3 is 24.3 Å². The average molecular weight is 849 g/mol. The molecule has 2 aromatic heterocycles. The van der Waals surface area contributed by atoms with E-state index in [2.05, 4.69) is 62.1 Å². The van der Waals surface area contributed by atoms with Crippen LogP contribution in [0.15, 0.2) is 58.5 Å². The molecule has 0 radical (unpaired) electrons. The highest BCUT2D eigenvalue weighted by molar-refractivity contribution is 14.1. The smallest absolute Gasteiger partial charge is 0.265 e. The van der Waals surface area contributed by atoms with Gasteiger partial charge in [-0.1, -0.05) is 40.8 Å². The Labute approximate surface area is 328 Å². The summed E-state index contributed by atoms with van der Waals surface area (Å²) in [6.45, 7) is 7.97. The molecule has 4 aromatic rings. The van der Waals surface area contributed by atoms with Crippen molar-refractivity contribution in [2.75, 3.05) is 38.4 Å². The van der Waals surface area contributed by atoms with Gasteiger partial charge in [-0.05, 0) is 79.6 Å². The number of amides is 2. The molecule has 0 bridgehead atoms. The predicted molar refractivity (Wildman–Crippen MR) is 216 cm³/mol. The summed E-state index contributed by atoms with van der Waals surface area (Å²) in [5.74, 6) is 1.04. The largest absolute Gasteiger partial charge is 0.496 e. The van der Waals surface area contributed by atoms with Crippen LogP contribution in [0.1, 0.15) is 57.8 Å². The van der Waals surface area contributed by atoms with Gasteiger partial charge in [-0.15, -0.1) is 11.3 Å². The fourth-order valence-corrected chi connectivity index (χ4v) is 7.84. The van der Waals surface area contributed by atoms with Crippen LogP contribution in [-0.2, 0) is 36.0 Å². The Bertz CT molecular complexity index is 2080. The van der Waals surface area contributed by atoms with Crippen molar-refractivity contribution < 1.29 is 19.1 Å². The van der Waals surface area contributed by atoms with Crippen molar-refractivity contribution in [1.29, 1.82) is 5.26 Å². The van der Waals surface area contributed by atoms with Crippen molar-refractivity contribution in [3.05, 3.63) is 102 Å². The Balaban J connectivity index is 1.18. The third-order valence-corrected chi connectivity index (χ3v) is 11.6. The number of hydrogen-bond donors (Lipinski definition) is 1. The number of rotatable bonds is 14. The summed E-state index contributed by atoms with van der Waals surface area (Å²) in [6.07, 6.45) is 6.65. The zero-order valence-corrected chi connectivity index (χ0v) is 34.0. The molecule has 11 nitrogen and oxygen atoms in total. The van der Waals surface area contributed by atoms with E-state index in [9.17, 15) is 19.6 Å². The number of aromatic nitrogens is 2. The van der Waals surface area contributed by atoms with Crippen molar-refractivity contribution in [2.24, 2.45) is 7.05 Å². The van der Waals surface area contributed by atoms with Crippen molar-refractivity contribution in [3.8, 4) is 28.7 Å². The van der Waals surface area contributed by atoms with Gasteiger partial charge in [0, 0.05) is 68.5 Å². The van der Waals surface area contributed by atoms with E-state index in [1.807, 2.05) is 44.5 Å². The molecule has 53 heavy (non-hydrogen) atoms. The molecule has 2 aromatic carbocycles. The molecule has 3 heterocycles. The number of nitrogens with zero attached hydrogens (tertiary/aromatic N) is 5. The quantitative estimate of drug-likeness (QED) is 0.0527. The van der Waals surface area contributed by atoms with Gasteiger partial charge in [0.25, 0.3) is 11.5 Å². The summed E-state index contributed by atoms with van der Waals surface area (Å²) in [7, 11) is 5.03. The standard InChI is InChI=1S/C40H45IN6O5S/c1-25-26(2)39(49)45(4)22-33(25)30-18-35(51-5)34(36(19-30)52-6)23-46(24-41)15-12-43-37(48)10-8-28-7-9-29-11-14-47(27(3)32(29)17-28)40(50)31(21-42)20-38-44-13-16-53-38/h7,9,13,16-20,22,27H,8,10-12,14-15,23-24H2,1-6H3,(H,43,48)/b31-20+. The Morgan fingerprint density at radius 3 is 2.55 bits per heavy atom. The summed E-state index contributed by atoms with van der Waals surface area (Å²) < 4.78 is 14.0. The first-order valence-corrected chi connectivity index (χ1v) is 19.8. The second-order valence-electron chi connectivity index (χ2n) is 13.1. The van der Waals surface area contributed by atoms with Crippen molar-refractivity contribution in [1.82, 2.24) is 24.7 Å². The number of fused-ring (bicyclic) bond motifs is 1. The van der Waals surface area contributed by atoms with Gasteiger partial charge in [-0.25, -0.2) is 4.98 Å². The predicted octanol–water partition coefficient (Wildman–Crippen LogP) is 6.14. The number of ether oxygens (including phenoxy) is 2. The van der Waals surface area contributed by atoms with Crippen LogP contribution >= 0.6 is 33.9 Å². The van der Waals surface area contributed by atoms with Gasteiger partial charge >= 0.3 is 0 Å². The number of benzene rings is 2. The molecule has 2 amide bonds. The molecule has 1 aliphatic rings. The number of thiazole rings is 1. The molecule has 0 aliphatic carbocycles. The number of carbonyl (C=O) groups excluding carboxylic acids is 2. The SMILES string of the molecule is COc1cc(-c2cn(C)c(=O)c(C)c2C)cc(OC)c1CN(CI)CCNC(=O)CCc1ccc2c(c1)C(C)N(C(=O)/C(C#N)=C/c1nccs1)CC2. The number of aryl methyl sites for hydroxylation is 2. The van der Waals surface area contributed by atoms with Crippen LogP contribution in [0.3, 0.4) is 0 Å². The number of pyridine rings is 1.